The highest BCUT2D eigenvalue weighted by Gasteiger charge is 2.34. The van der Waals surface area contributed by atoms with Gasteiger partial charge < -0.3 is 19.7 Å². The number of esters is 1. The Balaban J connectivity index is 1.90. The van der Waals surface area contributed by atoms with Gasteiger partial charge in [0.1, 0.15) is 18.8 Å². The van der Waals surface area contributed by atoms with Crippen molar-refractivity contribution in [2.24, 2.45) is 5.84 Å². The van der Waals surface area contributed by atoms with E-state index in [2.05, 4.69) is 5.43 Å². The van der Waals surface area contributed by atoms with E-state index >= 15 is 0 Å². The van der Waals surface area contributed by atoms with Gasteiger partial charge in [0.05, 0.1) is 0 Å². The van der Waals surface area contributed by atoms with E-state index in [9.17, 15) is 19.4 Å². The molecule has 0 aliphatic carbocycles. The maximum Gasteiger partial charge on any atom is 0.327 e. The van der Waals surface area contributed by atoms with Crippen LogP contribution in [-0.4, -0.2) is 34.9 Å². The summed E-state index contributed by atoms with van der Waals surface area (Å²) >= 11 is 0. The molecule has 0 spiro atoms. The van der Waals surface area contributed by atoms with Crippen LogP contribution in [0.2, 0.25) is 0 Å². The molecule has 1 unspecified atom stereocenters. The minimum atomic E-state index is -1.26. The zero-order valence-electron chi connectivity index (χ0n) is 14.2. The van der Waals surface area contributed by atoms with Crippen LogP contribution in [0.5, 0.6) is 17.2 Å². The summed E-state index contributed by atoms with van der Waals surface area (Å²) in [5.74, 6) is 3.87. The lowest BCUT2D eigenvalue weighted by molar-refractivity contribution is -0.151. The number of hydrazine groups is 1. The van der Waals surface area contributed by atoms with Crippen LogP contribution in [0.15, 0.2) is 42.5 Å². The van der Waals surface area contributed by atoms with Crippen molar-refractivity contribution in [1.29, 1.82) is 0 Å². The fourth-order valence-corrected chi connectivity index (χ4v) is 2.28. The Kier molecular flexibility index (Phi) is 6.37. The van der Waals surface area contributed by atoms with E-state index in [0.717, 1.165) is 0 Å². The van der Waals surface area contributed by atoms with E-state index < -0.39 is 17.3 Å². The molecule has 5 N–H and O–H groups in total. The Bertz CT molecular complexity index is 771. The molecule has 0 radical (unpaired) electrons. The van der Waals surface area contributed by atoms with Gasteiger partial charge in [-0.05, 0) is 36.8 Å². The molecule has 0 fully saturated rings. The molecular weight excluding hydrogens is 343 g/mol. The van der Waals surface area contributed by atoms with E-state index in [-0.39, 0.29) is 36.9 Å². The largest absolute Gasteiger partial charge is 0.504 e. The van der Waals surface area contributed by atoms with E-state index in [4.69, 9.17) is 15.3 Å². The van der Waals surface area contributed by atoms with Crippen LogP contribution < -0.4 is 16.0 Å². The smallest absolute Gasteiger partial charge is 0.327 e. The number of hydrogen-bond donors (Lipinski definition) is 4. The predicted octanol–water partition coefficient (Wildman–Crippen LogP) is 1.62. The average Bonchev–Trinajstić information content (AvgIpc) is 2.63. The molecule has 140 valence electrons. The van der Waals surface area contributed by atoms with Crippen molar-refractivity contribution >= 4 is 5.97 Å². The van der Waals surface area contributed by atoms with Crippen LogP contribution in [0.25, 0.3) is 0 Å². The van der Waals surface area contributed by atoms with Gasteiger partial charge in [0, 0.05) is 6.42 Å². The van der Waals surface area contributed by atoms with Crippen molar-refractivity contribution < 1.29 is 28.9 Å². The van der Waals surface area contributed by atoms with Crippen molar-refractivity contribution in [1.82, 2.24) is 5.43 Å². The van der Waals surface area contributed by atoms with Crippen LogP contribution in [-0.2, 0) is 16.0 Å². The third-order valence-corrected chi connectivity index (χ3v) is 3.78. The van der Waals surface area contributed by atoms with Crippen LogP contribution in [0.4, 0.5) is 4.39 Å². The zero-order chi connectivity index (χ0) is 19.2. The standard InChI is InChI=1S/C18H21FN2O5/c1-18(21-20,11-12-6-7-14(22)15(23)10-12)17(24)26-9-8-25-16-5-3-2-4-13(16)19/h2-7,10,21-23H,8-9,11,20H2,1H3. The summed E-state index contributed by atoms with van der Waals surface area (Å²) in [4.78, 5) is 12.3. The topological polar surface area (TPSA) is 114 Å². The molecule has 0 saturated carbocycles. The second kappa shape index (κ2) is 8.50. The molecule has 0 bridgehead atoms. The van der Waals surface area contributed by atoms with Crippen LogP contribution >= 0.6 is 0 Å². The summed E-state index contributed by atoms with van der Waals surface area (Å²) in [7, 11) is 0. The fraction of sp³-hybridized carbons (Fsp3) is 0.278. The van der Waals surface area contributed by atoms with E-state index in [1.54, 1.807) is 18.2 Å². The Morgan fingerprint density at radius 3 is 2.58 bits per heavy atom. The molecule has 0 heterocycles. The third kappa shape index (κ3) is 4.84. The number of phenols is 2. The molecule has 0 saturated heterocycles. The first-order valence-corrected chi connectivity index (χ1v) is 7.89. The van der Waals surface area contributed by atoms with E-state index in [0.29, 0.717) is 5.56 Å². The lowest BCUT2D eigenvalue weighted by atomic mass is 9.93. The third-order valence-electron chi connectivity index (χ3n) is 3.78. The fourth-order valence-electron chi connectivity index (χ4n) is 2.28. The number of carbonyl (C=O) groups is 1. The van der Waals surface area contributed by atoms with Gasteiger partial charge in [-0.1, -0.05) is 18.2 Å². The number of aromatic hydroxyl groups is 2. The molecule has 2 aromatic carbocycles. The van der Waals surface area contributed by atoms with Gasteiger partial charge in [-0.2, -0.15) is 0 Å². The first kappa shape index (κ1) is 19.5. The van der Waals surface area contributed by atoms with E-state index in [1.165, 1.54) is 31.2 Å². The number of para-hydroxylation sites is 1. The Morgan fingerprint density at radius 2 is 1.92 bits per heavy atom. The van der Waals surface area contributed by atoms with Crippen molar-refractivity contribution in [3.8, 4) is 17.2 Å². The zero-order valence-corrected chi connectivity index (χ0v) is 14.2. The molecule has 0 amide bonds. The summed E-state index contributed by atoms with van der Waals surface area (Å²) in [5, 5.41) is 18.9. The summed E-state index contributed by atoms with van der Waals surface area (Å²) < 4.78 is 23.8. The van der Waals surface area contributed by atoms with E-state index in [1.807, 2.05) is 0 Å². The lowest BCUT2D eigenvalue weighted by Gasteiger charge is -2.26. The Hall–Kier alpha value is -2.84. The molecular formula is C18H21FN2O5. The second-order valence-corrected chi connectivity index (χ2v) is 5.89. The lowest BCUT2D eigenvalue weighted by Crippen LogP contribution is -2.55. The second-order valence-electron chi connectivity index (χ2n) is 5.89. The molecule has 26 heavy (non-hydrogen) atoms. The number of hydrogen-bond acceptors (Lipinski definition) is 7. The number of phenolic OH excluding ortho intramolecular Hbond substituents is 2. The van der Waals surface area contributed by atoms with Gasteiger partial charge in [-0.15, -0.1) is 0 Å². The normalized spacial score (nSPS) is 13.0. The van der Waals surface area contributed by atoms with Crippen molar-refractivity contribution in [3.63, 3.8) is 0 Å². The van der Waals surface area contributed by atoms with Crippen LogP contribution in [0.1, 0.15) is 12.5 Å². The molecule has 0 aromatic heterocycles. The molecule has 0 aliphatic rings. The molecule has 8 heteroatoms. The maximum atomic E-state index is 13.4. The van der Waals surface area contributed by atoms with Crippen LogP contribution in [0.3, 0.4) is 0 Å². The molecule has 2 rings (SSSR count). The summed E-state index contributed by atoms with van der Waals surface area (Å²) in [5.41, 5.74) is 1.72. The van der Waals surface area contributed by atoms with Crippen molar-refractivity contribution in [2.75, 3.05) is 13.2 Å². The van der Waals surface area contributed by atoms with Gasteiger partial charge in [-0.3, -0.25) is 5.84 Å². The number of nitrogens with one attached hydrogen (secondary N) is 1. The molecule has 2 aromatic rings. The number of nitrogens with two attached hydrogens (primary N) is 1. The number of carbonyl (C=O) groups excluding carboxylic acids is 1. The number of benzene rings is 2. The Labute approximate surface area is 150 Å². The summed E-state index contributed by atoms with van der Waals surface area (Å²) in [6.07, 6.45) is 0.115. The monoisotopic (exact) mass is 364 g/mol. The van der Waals surface area contributed by atoms with Crippen LogP contribution in [0, 0.1) is 5.82 Å². The Morgan fingerprint density at radius 1 is 1.19 bits per heavy atom. The number of halogens is 1. The SMILES string of the molecule is CC(Cc1ccc(O)c(O)c1)(NN)C(=O)OCCOc1ccccc1F. The number of rotatable bonds is 8. The predicted molar refractivity (Wildman–Crippen MR) is 92.1 cm³/mol. The minimum Gasteiger partial charge on any atom is -0.504 e. The number of ether oxygens (including phenoxy) is 2. The molecule has 0 aliphatic heterocycles. The highest BCUT2D eigenvalue weighted by atomic mass is 19.1. The highest BCUT2D eigenvalue weighted by Crippen LogP contribution is 2.27. The van der Waals surface area contributed by atoms with Gasteiger partial charge in [0.2, 0.25) is 0 Å². The summed E-state index contributed by atoms with van der Waals surface area (Å²) in [6, 6.07) is 10.1. The van der Waals surface area contributed by atoms with Crippen molar-refractivity contribution in [2.45, 2.75) is 18.9 Å². The van der Waals surface area contributed by atoms with Crippen molar-refractivity contribution in [3.05, 3.63) is 53.8 Å². The first-order chi connectivity index (χ1) is 12.4. The quantitative estimate of drug-likeness (QED) is 0.185. The first-order valence-electron chi connectivity index (χ1n) is 7.89. The minimum absolute atomic E-state index is 0.0205. The highest BCUT2D eigenvalue weighted by molar-refractivity contribution is 5.80. The van der Waals surface area contributed by atoms with Gasteiger partial charge in [0.25, 0.3) is 0 Å². The van der Waals surface area contributed by atoms with Gasteiger partial charge >= 0.3 is 5.97 Å². The maximum absolute atomic E-state index is 13.4. The van der Waals surface area contributed by atoms with Gasteiger partial charge in [-0.25, -0.2) is 14.6 Å². The molecule has 1 atom stereocenters. The van der Waals surface area contributed by atoms with Gasteiger partial charge in [0.15, 0.2) is 23.1 Å². The summed E-state index contributed by atoms with van der Waals surface area (Å²) in [6.45, 7) is 1.43. The molecule has 7 nitrogen and oxygen atoms in total. The average molecular weight is 364 g/mol.